The average molecular weight is 294 g/mol. The smallest absolute Gasteiger partial charge is 0.109 e. The van der Waals surface area contributed by atoms with Gasteiger partial charge in [-0.25, -0.2) is 0 Å². The Morgan fingerprint density at radius 1 is 1.29 bits per heavy atom. The van der Waals surface area contributed by atoms with Gasteiger partial charge in [0.05, 0.1) is 6.07 Å². The van der Waals surface area contributed by atoms with E-state index >= 15 is 0 Å². The first-order chi connectivity index (χ1) is 9.93. The van der Waals surface area contributed by atoms with Crippen LogP contribution in [0.3, 0.4) is 0 Å². The van der Waals surface area contributed by atoms with Gasteiger partial charge in [0.25, 0.3) is 0 Å². The first-order valence-corrected chi connectivity index (χ1v) is 8.40. The molecule has 21 heavy (non-hydrogen) atoms. The van der Waals surface area contributed by atoms with Crippen molar-refractivity contribution in [2.24, 2.45) is 11.8 Å². The Labute approximate surface area is 131 Å². The molecular formula is C17H34N4. The van der Waals surface area contributed by atoms with Gasteiger partial charge in [-0.15, -0.1) is 0 Å². The average Bonchev–Trinajstić information content (AvgIpc) is 2.84. The van der Waals surface area contributed by atoms with Crippen LogP contribution in [-0.2, 0) is 0 Å². The van der Waals surface area contributed by atoms with Gasteiger partial charge < -0.3 is 15.1 Å². The van der Waals surface area contributed by atoms with Gasteiger partial charge in [0, 0.05) is 19.6 Å². The molecule has 1 N–H and O–H groups in total. The molecule has 2 atom stereocenters. The summed E-state index contributed by atoms with van der Waals surface area (Å²) in [6.07, 6.45) is 4.51. The van der Waals surface area contributed by atoms with Crippen molar-refractivity contribution in [2.45, 2.75) is 45.1 Å². The van der Waals surface area contributed by atoms with Gasteiger partial charge in [-0.2, -0.15) is 5.26 Å². The lowest BCUT2D eigenvalue weighted by atomic mass is 9.86. The molecule has 0 radical (unpaired) electrons. The summed E-state index contributed by atoms with van der Waals surface area (Å²) in [4.78, 5) is 4.82. The number of hydrogen-bond donors (Lipinski definition) is 1. The molecule has 0 saturated heterocycles. The Morgan fingerprint density at radius 3 is 2.52 bits per heavy atom. The fourth-order valence-corrected chi connectivity index (χ4v) is 3.49. The molecule has 0 aliphatic heterocycles. The molecule has 0 aromatic carbocycles. The second kappa shape index (κ2) is 8.73. The Kier molecular flexibility index (Phi) is 7.65. The van der Waals surface area contributed by atoms with E-state index in [9.17, 15) is 5.26 Å². The maximum absolute atomic E-state index is 9.54. The van der Waals surface area contributed by atoms with E-state index in [0.29, 0.717) is 11.8 Å². The van der Waals surface area contributed by atoms with Crippen LogP contribution in [-0.4, -0.2) is 62.7 Å². The first-order valence-electron chi connectivity index (χ1n) is 8.40. The summed E-state index contributed by atoms with van der Waals surface area (Å²) in [6, 6.07) is 2.55. The van der Waals surface area contributed by atoms with Crippen LogP contribution in [0.2, 0.25) is 0 Å². The second-order valence-electron chi connectivity index (χ2n) is 7.21. The molecule has 4 nitrogen and oxygen atoms in total. The summed E-state index contributed by atoms with van der Waals surface area (Å²) < 4.78 is 0. The summed E-state index contributed by atoms with van der Waals surface area (Å²) in [6.45, 7) is 9.06. The van der Waals surface area contributed by atoms with Gasteiger partial charge >= 0.3 is 0 Å². The molecule has 0 bridgehead atoms. The molecule has 4 heteroatoms. The lowest BCUT2D eigenvalue weighted by molar-refractivity contribution is 0.193. The number of nitriles is 1. The zero-order chi connectivity index (χ0) is 15.9. The van der Waals surface area contributed by atoms with Gasteiger partial charge in [0.15, 0.2) is 0 Å². The van der Waals surface area contributed by atoms with E-state index in [-0.39, 0.29) is 5.54 Å². The molecule has 0 aromatic heterocycles. The monoisotopic (exact) mass is 294 g/mol. The summed E-state index contributed by atoms with van der Waals surface area (Å²) in [5, 5.41) is 12.8. The molecule has 122 valence electrons. The van der Waals surface area contributed by atoms with Gasteiger partial charge in [0.1, 0.15) is 5.54 Å². The fourth-order valence-electron chi connectivity index (χ4n) is 3.49. The highest BCUT2D eigenvalue weighted by Gasteiger charge is 2.41. The Hall–Kier alpha value is -0.630. The summed E-state index contributed by atoms with van der Waals surface area (Å²) >= 11 is 0. The minimum absolute atomic E-state index is 0.273. The molecule has 2 unspecified atom stereocenters. The summed E-state index contributed by atoms with van der Waals surface area (Å²) in [7, 11) is 6.21. The molecule has 0 spiro atoms. The van der Waals surface area contributed by atoms with Gasteiger partial charge in [0.2, 0.25) is 0 Å². The Balaban J connectivity index is 2.53. The lowest BCUT2D eigenvalue weighted by Crippen LogP contribution is -2.46. The lowest BCUT2D eigenvalue weighted by Gasteiger charge is -2.31. The Morgan fingerprint density at radius 2 is 2.00 bits per heavy atom. The van der Waals surface area contributed by atoms with Crippen molar-refractivity contribution in [2.75, 3.05) is 47.3 Å². The molecular weight excluding hydrogens is 260 g/mol. The van der Waals surface area contributed by atoms with Gasteiger partial charge in [-0.1, -0.05) is 20.3 Å². The van der Waals surface area contributed by atoms with E-state index in [4.69, 9.17) is 0 Å². The standard InChI is InChI=1S/C17H34N4/c1-15(2)13-21(12-11-20(4)5)10-8-16-7-6-9-17(16,14-18)19-3/h15-16,19H,6-13H2,1-5H3. The molecule has 0 aromatic rings. The molecule has 0 amide bonds. The van der Waals surface area contributed by atoms with Crippen molar-refractivity contribution in [1.29, 1.82) is 5.26 Å². The molecule has 1 aliphatic rings. The van der Waals surface area contributed by atoms with E-state index in [1.165, 1.54) is 12.8 Å². The van der Waals surface area contributed by atoms with Crippen LogP contribution in [0.15, 0.2) is 0 Å². The van der Waals surface area contributed by atoms with E-state index in [2.05, 4.69) is 49.1 Å². The minimum Gasteiger partial charge on any atom is -0.308 e. The number of rotatable bonds is 9. The van der Waals surface area contributed by atoms with Crippen molar-refractivity contribution in [3.05, 3.63) is 0 Å². The third kappa shape index (κ3) is 5.58. The van der Waals surface area contributed by atoms with E-state index < -0.39 is 0 Å². The fraction of sp³-hybridized carbons (Fsp3) is 0.941. The zero-order valence-electron chi connectivity index (χ0n) is 14.7. The number of nitrogens with one attached hydrogen (secondary N) is 1. The third-order valence-corrected chi connectivity index (χ3v) is 4.75. The van der Waals surface area contributed by atoms with E-state index in [0.717, 1.165) is 39.0 Å². The topological polar surface area (TPSA) is 42.3 Å². The first kappa shape index (κ1) is 18.4. The van der Waals surface area contributed by atoms with Crippen LogP contribution in [0.25, 0.3) is 0 Å². The maximum Gasteiger partial charge on any atom is 0.109 e. The summed E-state index contributed by atoms with van der Waals surface area (Å²) in [5.41, 5.74) is -0.273. The van der Waals surface area contributed by atoms with Crippen LogP contribution < -0.4 is 5.32 Å². The van der Waals surface area contributed by atoms with Crippen molar-refractivity contribution in [3.63, 3.8) is 0 Å². The summed E-state index contributed by atoms with van der Waals surface area (Å²) in [5.74, 6) is 1.20. The maximum atomic E-state index is 9.54. The molecule has 0 heterocycles. The van der Waals surface area contributed by atoms with Crippen molar-refractivity contribution >= 4 is 0 Å². The predicted octanol–water partition coefficient (Wildman–Crippen LogP) is 2.18. The van der Waals surface area contributed by atoms with Crippen LogP contribution in [0.5, 0.6) is 0 Å². The van der Waals surface area contributed by atoms with E-state index in [1.807, 2.05) is 7.05 Å². The quantitative estimate of drug-likeness (QED) is 0.708. The number of hydrogen-bond acceptors (Lipinski definition) is 4. The van der Waals surface area contributed by atoms with Crippen molar-refractivity contribution in [3.8, 4) is 6.07 Å². The van der Waals surface area contributed by atoms with Crippen LogP contribution in [0.1, 0.15) is 39.5 Å². The van der Waals surface area contributed by atoms with Gasteiger partial charge in [-0.3, -0.25) is 0 Å². The van der Waals surface area contributed by atoms with Crippen LogP contribution >= 0.6 is 0 Å². The largest absolute Gasteiger partial charge is 0.308 e. The molecule has 1 saturated carbocycles. The van der Waals surface area contributed by atoms with Crippen molar-refractivity contribution < 1.29 is 0 Å². The minimum atomic E-state index is -0.273. The normalized spacial score (nSPS) is 26.0. The highest BCUT2D eigenvalue weighted by Crippen LogP contribution is 2.37. The predicted molar refractivity (Wildman–Crippen MR) is 89.2 cm³/mol. The van der Waals surface area contributed by atoms with Crippen LogP contribution in [0.4, 0.5) is 0 Å². The molecule has 1 fully saturated rings. The van der Waals surface area contributed by atoms with Crippen LogP contribution in [0, 0.1) is 23.2 Å². The third-order valence-electron chi connectivity index (χ3n) is 4.75. The highest BCUT2D eigenvalue weighted by atomic mass is 15.2. The highest BCUT2D eigenvalue weighted by molar-refractivity contribution is 5.13. The number of nitrogens with zero attached hydrogens (tertiary/aromatic N) is 3. The van der Waals surface area contributed by atoms with E-state index in [1.54, 1.807) is 0 Å². The molecule has 1 aliphatic carbocycles. The number of likely N-dealkylation sites (N-methyl/N-ethyl adjacent to an activating group) is 1. The van der Waals surface area contributed by atoms with Gasteiger partial charge in [-0.05, 0) is 58.8 Å². The second-order valence-corrected chi connectivity index (χ2v) is 7.21. The SMILES string of the molecule is CNC1(C#N)CCCC1CCN(CCN(C)C)CC(C)C. The zero-order valence-corrected chi connectivity index (χ0v) is 14.7. The van der Waals surface area contributed by atoms with Crippen molar-refractivity contribution in [1.82, 2.24) is 15.1 Å². The molecule has 1 rings (SSSR count). The Bertz CT molecular complexity index is 334.